The van der Waals surface area contributed by atoms with Gasteiger partial charge in [0.1, 0.15) is 5.65 Å². The summed E-state index contributed by atoms with van der Waals surface area (Å²) in [6, 6.07) is 7.03. The van der Waals surface area contributed by atoms with Crippen molar-refractivity contribution < 1.29 is 0 Å². The number of hydrogen-bond acceptors (Lipinski definition) is 2. The number of aryl methyl sites for hydroxylation is 4. The predicted octanol–water partition coefficient (Wildman–Crippen LogP) is 6.71. The molecule has 0 spiro atoms. The third-order valence-electron chi connectivity index (χ3n) is 5.80. The molecule has 28 heavy (non-hydrogen) atoms. The van der Waals surface area contributed by atoms with E-state index in [1.165, 1.54) is 22.1 Å². The lowest BCUT2D eigenvalue weighted by Crippen LogP contribution is -2.09. The van der Waals surface area contributed by atoms with Crippen LogP contribution in [0.15, 0.2) is 28.9 Å². The van der Waals surface area contributed by atoms with E-state index in [1.54, 1.807) is 0 Å². The molecule has 146 valence electrons. The Morgan fingerprint density at radius 2 is 1.71 bits per heavy atom. The Labute approximate surface area is 174 Å². The smallest absolute Gasteiger partial charge is 0.165 e. The van der Waals surface area contributed by atoms with Crippen LogP contribution in [0.2, 0.25) is 0 Å². The number of nitrogens with zero attached hydrogens (tertiary/aromatic N) is 4. The summed E-state index contributed by atoms with van der Waals surface area (Å²) < 4.78 is 5.53. The highest BCUT2D eigenvalue weighted by Gasteiger charge is 2.22. The number of halogens is 1. The van der Waals surface area contributed by atoms with Crippen molar-refractivity contribution in [2.24, 2.45) is 0 Å². The van der Waals surface area contributed by atoms with Gasteiger partial charge in [-0.3, -0.25) is 0 Å². The van der Waals surface area contributed by atoms with Gasteiger partial charge in [0.15, 0.2) is 5.65 Å². The average Bonchev–Trinajstić information content (AvgIpc) is 3.19. The van der Waals surface area contributed by atoms with E-state index in [0.717, 1.165) is 45.6 Å². The quantitative estimate of drug-likeness (QED) is 0.354. The summed E-state index contributed by atoms with van der Waals surface area (Å²) in [7, 11) is 0. The zero-order valence-corrected chi connectivity index (χ0v) is 19.1. The number of aromatic nitrogens is 4. The van der Waals surface area contributed by atoms with Crippen LogP contribution >= 0.6 is 15.9 Å². The summed E-state index contributed by atoms with van der Waals surface area (Å²) in [6.07, 6.45) is 4.39. The number of hydrogen-bond donors (Lipinski definition) is 0. The van der Waals surface area contributed by atoms with Crippen LogP contribution in [0.4, 0.5) is 0 Å². The Morgan fingerprint density at radius 1 is 1.00 bits per heavy atom. The van der Waals surface area contributed by atoms with Gasteiger partial charge in [-0.2, -0.15) is 9.61 Å². The third-order valence-corrected chi connectivity index (χ3v) is 6.43. The molecule has 0 bridgehead atoms. The lowest BCUT2D eigenvalue weighted by Gasteiger charge is -2.17. The van der Waals surface area contributed by atoms with Crippen LogP contribution in [0.3, 0.4) is 0 Å². The maximum absolute atomic E-state index is 5.00. The van der Waals surface area contributed by atoms with Crippen molar-refractivity contribution in [3.05, 3.63) is 51.4 Å². The lowest BCUT2D eigenvalue weighted by molar-refractivity contribution is 0.480. The minimum Gasteiger partial charge on any atom is -0.329 e. The molecule has 4 aromatic rings. The topological polar surface area (TPSA) is 35.1 Å². The Morgan fingerprint density at radius 3 is 2.36 bits per heavy atom. The Hall–Kier alpha value is -2.14. The number of rotatable bonds is 4. The molecule has 4 rings (SSSR count). The summed E-state index contributed by atoms with van der Waals surface area (Å²) in [5.41, 5.74) is 8.92. The standard InChI is InChI=1S/C23H27BrN4/c1-7-17(8-2)27-10-9-18-15(5)25-22-21(16(6)26-28(22)23(18)27)20-14(4)11-13(3)12-19(20)24/h9-12,17H,7-8H2,1-6H3. The molecule has 1 aromatic carbocycles. The Kier molecular flexibility index (Phi) is 4.82. The van der Waals surface area contributed by atoms with Crippen LogP contribution in [0.25, 0.3) is 27.8 Å². The van der Waals surface area contributed by atoms with Crippen LogP contribution in [0, 0.1) is 27.7 Å². The SMILES string of the molecule is CCC(CC)n1ccc2c(C)nc3c(-c4c(C)cc(C)cc4Br)c(C)nn3c21. The minimum atomic E-state index is 0.461. The Bertz CT molecular complexity index is 1170. The van der Waals surface area contributed by atoms with Gasteiger partial charge in [-0.25, -0.2) is 4.98 Å². The zero-order chi connectivity index (χ0) is 20.2. The van der Waals surface area contributed by atoms with Crippen LogP contribution in [-0.2, 0) is 0 Å². The molecule has 5 heteroatoms. The van der Waals surface area contributed by atoms with Gasteiger partial charge in [0.2, 0.25) is 0 Å². The summed E-state index contributed by atoms with van der Waals surface area (Å²) in [4.78, 5) is 5.00. The van der Waals surface area contributed by atoms with E-state index in [1.807, 2.05) is 0 Å². The van der Waals surface area contributed by atoms with Gasteiger partial charge in [-0.1, -0.05) is 35.8 Å². The molecule has 0 saturated carbocycles. The molecule has 0 fully saturated rings. The first-order valence-electron chi connectivity index (χ1n) is 10.0. The van der Waals surface area contributed by atoms with Crippen molar-refractivity contribution in [1.29, 1.82) is 0 Å². The summed E-state index contributed by atoms with van der Waals surface area (Å²) in [6.45, 7) is 13.0. The second-order valence-corrected chi connectivity index (χ2v) is 8.62. The molecule has 0 saturated heterocycles. The largest absolute Gasteiger partial charge is 0.329 e. The van der Waals surface area contributed by atoms with Crippen molar-refractivity contribution in [3.8, 4) is 11.1 Å². The summed E-state index contributed by atoms with van der Waals surface area (Å²) >= 11 is 3.79. The van der Waals surface area contributed by atoms with Gasteiger partial charge in [0.25, 0.3) is 0 Å². The molecule has 0 aliphatic carbocycles. The first kappa shape index (κ1) is 19.2. The van der Waals surface area contributed by atoms with Gasteiger partial charge < -0.3 is 4.57 Å². The van der Waals surface area contributed by atoms with E-state index in [9.17, 15) is 0 Å². The molecule has 0 atom stereocenters. The fourth-order valence-corrected chi connectivity index (χ4v) is 5.30. The van der Waals surface area contributed by atoms with E-state index >= 15 is 0 Å². The molecular formula is C23H27BrN4. The first-order valence-corrected chi connectivity index (χ1v) is 10.8. The lowest BCUT2D eigenvalue weighted by atomic mass is 9.99. The zero-order valence-electron chi connectivity index (χ0n) is 17.5. The van der Waals surface area contributed by atoms with Crippen LogP contribution in [0.1, 0.15) is 55.2 Å². The molecule has 3 aromatic heterocycles. The van der Waals surface area contributed by atoms with Gasteiger partial charge in [-0.15, -0.1) is 0 Å². The average molecular weight is 439 g/mol. The van der Waals surface area contributed by atoms with E-state index in [2.05, 4.69) is 91.0 Å². The predicted molar refractivity (Wildman–Crippen MR) is 120 cm³/mol. The van der Waals surface area contributed by atoms with Crippen molar-refractivity contribution >= 4 is 32.6 Å². The molecule has 4 nitrogen and oxygen atoms in total. The van der Waals surface area contributed by atoms with Gasteiger partial charge in [0, 0.05) is 27.7 Å². The van der Waals surface area contributed by atoms with Crippen molar-refractivity contribution in [2.75, 3.05) is 0 Å². The second-order valence-electron chi connectivity index (χ2n) is 7.76. The van der Waals surface area contributed by atoms with Crippen molar-refractivity contribution in [3.63, 3.8) is 0 Å². The van der Waals surface area contributed by atoms with E-state index in [-0.39, 0.29) is 0 Å². The first-order chi connectivity index (χ1) is 13.4. The molecule has 0 N–H and O–H groups in total. The van der Waals surface area contributed by atoms with Crippen molar-refractivity contribution in [1.82, 2.24) is 19.2 Å². The summed E-state index contributed by atoms with van der Waals surface area (Å²) in [5.74, 6) is 0. The highest BCUT2D eigenvalue weighted by molar-refractivity contribution is 9.10. The second kappa shape index (κ2) is 7.03. The van der Waals surface area contributed by atoms with Crippen molar-refractivity contribution in [2.45, 2.75) is 60.4 Å². The molecule has 3 heterocycles. The maximum atomic E-state index is 5.00. The van der Waals surface area contributed by atoms with Gasteiger partial charge >= 0.3 is 0 Å². The van der Waals surface area contributed by atoms with Crippen LogP contribution in [0.5, 0.6) is 0 Å². The normalized spacial score (nSPS) is 12.0. The van der Waals surface area contributed by atoms with Gasteiger partial charge in [-0.05, 0) is 63.8 Å². The molecule has 0 aliphatic rings. The molecule has 0 radical (unpaired) electrons. The third kappa shape index (κ3) is 2.79. The monoisotopic (exact) mass is 438 g/mol. The molecule has 0 amide bonds. The maximum Gasteiger partial charge on any atom is 0.165 e. The number of benzene rings is 1. The van der Waals surface area contributed by atoms with Crippen LogP contribution in [-0.4, -0.2) is 19.2 Å². The summed E-state index contributed by atoms with van der Waals surface area (Å²) in [5, 5.41) is 6.13. The van der Waals surface area contributed by atoms with Gasteiger partial charge in [0.05, 0.1) is 17.0 Å². The molecular weight excluding hydrogens is 412 g/mol. The Balaban J connectivity index is 2.12. The van der Waals surface area contributed by atoms with E-state index < -0.39 is 0 Å². The van der Waals surface area contributed by atoms with E-state index in [4.69, 9.17) is 10.1 Å². The molecule has 0 unspecified atom stereocenters. The fraction of sp³-hybridized carbons (Fsp3) is 0.391. The van der Waals surface area contributed by atoms with E-state index in [0.29, 0.717) is 6.04 Å². The minimum absolute atomic E-state index is 0.461. The highest BCUT2D eigenvalue weighted by atomic mass is 79.9. The molecule has 0 aliphatic heterocycles. The fourth-order valence-electron chi connectivity index (χ4n) is 4.43. The number of fused-ring (bicyclic) bond motifs is 3. The highest BCUT2D eigenvalue weighted by Crippen LogP contribution is 2.38. The van der Waals surface area contributed by atoms with Crippen LogP contribution < -0.4 is 0 Å².